The fraction of sp³-hybridized carbons (Fsp3) is 0.500. The van der Waals surface area contributed by atoms with Crippen LogP contribution in [0.4, 0.5) is 13.2 Å². The van der Waals surface area contributed by atoms with E-state index in [9.17, 15) is 18.0 Å². The summed E-state index contributed by atoms with van der Waals surface area (Å²) < 4.78 is 37.7. The predicted molar refractivity (Wildman–Crippen MR) is 68.0 cm³/mol. The minimum absolute atomic E-state index is 0.263. The van der Waals surface area contributed by atoms with Gasteiger partial charge in [0.15, 0.2) is 5.78 Å². The molecule has 0 aliphatic rings. The highest BCUT2D eigenvalue weighted by Crippen LogP contribution is 2.31. The van der Waals surface area contributed by atoms with Crippen LogP contribution in [0.2, 0.25) is 0 Å². The lowest BCUT2D eigenvalue weighted by molar-refractivity contribution is -0.137. The van der Waals surface area contributed by atoms with Crippen LogP contribution in [-0.4, -0.2) is 11.3 Å². The zero-order chi connectivity index (χ0) is 14.8. The summed E-state index contributed by atoms with van der Waals surface area (Å²) in [6.45, 7) is 5.08. The van der Waals surface area contributed by atoms with Crippen LogP contribution in [0.15, 0.2) is 18.2 Å². The van der Waals surface area contributed by atoms with Gasteiger partial charge in [-0.2, -0.15) is 13.2 Å². The Balaban J connectivity index is 3.21. The maximum Gasteiger partial charge on any atom is 0.416 e. The average Bonchev–Trinajstić information content (AvgIpc) is 2.35. The summed E-state index contributed by atoms with van der Waals surface area (Å²) in [6, 6.07) is 3.12. The number of carbonyl (C=O) groups is 1. The Bertz CT molecular complexity index is 476. The highest BCUT2D eigenvalue weighted by atomic mass is 19.4. The summed E-state index contributed by atoms with van der Waals surface area (Å²) in [6.07, 6.45) is -3.51. The van der Waals surface area contributed by atoms with Gasteiger partial charge in [0.1, 0.15) is 0 Å². The van der Waals surface area contributed by atoms with Crippen LogP contribution in [0.25, 0.3) is 0 Å². The first kappa shape index (κ1) is 15.7. The van der Waals surface area contributed by atoms with Crippen molar-refractivity contribution in [1.29, 1.82) is 0 Å². The van der Waals surface area contributed by atoms with Gasteiger partial charge in [-0.3, -0.25) is 4.79 Å². The number of carbonyl (C=O) groups excluding carboxylic acids is 1. The number of benzene rings is 1. The average molecular weight is 273 g/mol. The molecule has 1 rings (SSSR count). The normalized spacial score (nSPS) is 12.6. The lowest BCUT2D eigenvalue weighted by Gasteiger charge is -2.26. The summed E-state index contributed by atoms with van der Waals surface area (Å²) in [5.74, 6) is -0.302. The highest BCUT2D eigenvalue weighted by molar-refractivity contribution is 6.04. The fourth-order valence-corrected chi connectivity index (χ4v) is 1.93. The van der Waals surface area contributed by atoms with Gasteiger partial charge in [-0.1, -0.05) is 19.9 Å². The summed E-state index contributed by atoms with van der Waals surface area (Å²) in [5, 5.41) is 0. The molecule has 0 aromatic heterocycles. The molecule has 0 aliphatic carbocycles. The highest BCUT2D eigenvalue weighted by Gasteiger charge is 2.34. The van der Waals surface area contributed by atoms with Crippen molar-refractivity contribution in [2.24, 2.45) is 5.73 Å². The Morgan fingerprint density at radius 3 is 2.11 bits per heavy atom. The molecule has 1 aromatic rings. The number of rotatable bonds is 4. The van der Waals surface area contributed by atoms with Gasteiger partial charge in [-0.25, -0.2) is 0 Å². The third kappa shape index (κ3) is 3.15. The minimum Gasteiger partial charge on any atom is -0.319 e. The maximum absolute atomic E-state index is 12.6. The van der Waals surface area contributed by atoms with Crippen molar-refractivity contribution in [2.75, 3.05) is 0 Å². The molecular weight excluding hydrogens is 255 g/mol. The molecule has 5 heteroatoms. The Morgan fingerprint density at radius 1 is 1.21 bits per heavy atom. The molecule has 0 spiro atoms. The van der Waals surface area contributed by atoms with Crippen molar-refractivity contribution in [3.05, 3.63) is 34.9 Å². The Kier molecular flexibility index (Phi) is 4.40. The van der Waals surface area contributed by atoms with Crippen LogP contribution in [-0.2, 0) is 6.18 Å². The molecule has 0 amide bonds. The van der Waals surface area contributed by atoms with Crippen LogP contribution in [0.3, 0.4) is 0 Å². The van der Waals surface area contributed by atoms with Gasteiger partial charge in [0.25, 0.3) is 0 Å². The summed E-state index contributed by atoms with van der Waals surface area (Å²) in [4.78, 5) is 12.3. The quantitative estimate of drug-likeness (QED) is 0.850. The number of Topliss-reactive ketones (excluding diaryl/α,β-unsaturated/α-hetero) is 1. The first-order valence-corrected chi connectivity index (χ1v) is 6.17. The molecule has 0 saturated heterocycles. The zero-order valence-electron chi connectivity index (χ0n) is 11.3. The van der Waals surface area contributed by atoms with Gasteiger partial charge in [-0.15, -0.1) is 0 Å². The molecule has 0 radical (unpaired) electrons. The molecule has 1 aromatic carbocycles. The van der Waals surface area contributed by atoms with E-state index in [1.54, 1.807) is 13.8 Å². The van der Waals surface area contributed by atoms with Crippen LogP contribution in [0, 0.1) is 6.92 Å². The SMILES string of the molecule is CCC(N)(CC)C(=O)c1ccc(C(F)(F)F)cc1C. The molecular formula is C14H18F3NO. The van der Waals surface area contributed by atoms with E-state index in [1.807, 2.05) is 0 Å². The third-order valence-electron chi connectivity index (χ3n) is 3.51. The monoisotopic (exact) mass is 273 g/mol. The molecule has 0 bridgehead atoms. The lowest BCUT2D eigenvalue weighted by atomic mass is 9.83. The molecule has 0 heterocycles. The van der Waals surface area contributed by atoms with Gasteiger partial charge in [0.05, 0.1) is 11.1 Å². The molecule has 0 unspecified atom stereocenters. The maximum atomic E-state index is 12.6. The summed E-state index contributed by atoms with van der Waals surface area (Å²) in [7, 11) is 0. The summed E-state index contributed by atoms with van der Waals surface area (Å²) >= 11 is 0. The van der Waals surface area contributed by atoms with E-state index in [0.717, 1.165) is 12.1 Å². The largest absolute Gasteiger partial charge is 0.416 e. The van der Waals surface area contributed by atoms with Gasteiger partial charge >= 0.3 is 6.18 Å². The van der Waals surface area contributed by atoms with Crippen molar-refractivity contribution >= 4 is 5.78 Å². The van der Waals surface area contributed by atoms with E-state index in [0.29, 0.717) is 18.4 Å². The topological polar surface area (TPSA) is 43.1 Å². The number of aryl methyl sites for hydroxylation is 1. The van der Waals surface area contributed by atoms with Crippen molar-refractivity contribution in [3.8, 4) is 0 Å². The van der Waals surface area contributed by atoms with Crippen molar-refractivity contribution < 1.29 is 18.0 Å². The third-order valence-corrected chi connectivity index (χ3v) is 3.51. The van der Waals surface area contributed by atoms with Crippen molar-refractivity contribution in [2.45, 2.75) is 45.3 Å². The molecule has 0 atom stereocenters. The van der Waals surface area contributed by atoms with Crippen molar-refractivity contribution in [3.63, 3.8) is 0 Å². The van der Waals surface area contributed by atoms with Gasteiger partial charge in [0.2, 0.25) is 0 Å². The predicted octanol–water partition coefficient (Wildman–Crippen LogP) is 3.71. The van der Waals surface area contributed by atoms with E-state index < -0.39 is 17.3 Å². The molecule has 0 saturated carbocycles. The van der Waals surface area contributed by atoms with Crippen LogP contribution in [0.5, 0.6) is 0 Å². The lowest BCUT2D eigenvalue weighted by Crippen LogP contribution is -2.47. The van der Waals surface area contributed by atoms with E-state index in [1.165, 1.54) is 13.0 Å². The molecule has 2 N–H and O–H groups in total. The first-order chi connectivity index (χ1) is 8.65. The molecule has 19 heavy (non-hydrogen) atoms. The van der Waals surface area contributed by atoms with E-state index in [4.69, 9.17) is 5.73 Å². The Hall–Kier alpha value is -1.36. The standard InChI is InChI=1S/C14H18F3NO/c1-4-13(18,5-2)12(19)11-7-6-10(8-9(11)3)14(15,16)17/h6-8H,4-5,18H2,1-3H3. The van der Waals surface area contributed by atoms with Crippen LogP contribution < -0.4 is 5.73 Å². The number of hydrogen-bond acceptors (Lipinski definition) is 2. The number of nitrogens with two attached hydrogens (primary N) is 1. The second kappa shape index (κ2) is 5.33. The van der Waals surface area contributed by atoms with Gasteiger partial charge in [-0.05, 0) is 37.5 Å². The first-order valence-electron chi connectivity index (χ1n) is 6.17. The van der Waals surface area contributed by atoms with Gasteiger partial charge < -0.3 is 5.73 Å². The second-order valence-electron chi connectivity index (χ2n) is 4.72. The van der Waals surface area contributed by atoms with Gasteiger partial charge in [0, 0.05) is 5.56 Å². The van der Waals surface area contributed by atoms with E-state index in [-0.39, 0.29) is 11.3 Å². The zero-order valence-corrected chi connectivity index (χ0v) is 11.3. The molecule has 0 aliphatic heterocycles. The van der Waals surface area contributed by atoms with Crippen molar-refractivity contribution in [1.82, 2.24) is 0 Å². The number of hydrogen-bond donors (Lipinski definition) is 1. The Morgan fingerprint density at radius 2 is 1.74 bits per heavy atom. The molecule has 0 fully saturated rings. The fourth-order valence-electron chi connectivity index (χ4n) is 1.93. The second-order valence-corrected chi connectivity index (χ2v) is 4.72. The number of ketones is 1. The van der Waals surface area contributed by atoms with E-state index >= 15 is 0 Å². The smallest absolute Gasteiger partial charge is 0.319 e. The minimum atomic E-state index is -4.40. The number of alkyl halides is 3. The van der Waals surface area contributed by atoms with Crippen LogP contribution in [0.1, 0.15) is 48.2 Å². The molecule has 106 valence electrons. The number of halogens is 3. The summed E-state index contributed by atoms with van der Waals surface area (Å²) in [5.41, 5.74) is 4.80. The molecule has 2 nitrogen and oxygen atoms in total. The van der Waals surface area contributed by atoms with E-state index in [2.05, 4.69) is 0 Å². The Labute approximate surface area is 110 Å². The van der Waals surface area contributed by atoms with Crippen LogP contribution >= 0.6 is 0 Å².